The zero-order valence-electron chi connectivity index (χ0n) is 37.0. The highest BCUT2D eigenvalue weighted by atomic mass is 28.4. The maximum Gasteiger partial charge on any atom is 0.191 e. The molecule has 8 saturated heterocycles. The molecule has 0 aromatic carbocycles. The van der Waals surface area contributed by atoms with Crippen molar-refractivity contribution in [1.29, 1.82) is 0 Å². The molecule has 326 valence electrons. The third kappa shape index (κ3) is 9.27. The van der Waals surface area contributed by atoms with E-state index in [1.165, 1.54) is 29.3 Å². The van der Waals surface area contributed by atoms with Crippen LogP contribution in [0, 0.1) is 29.6 Å². The lowest BCUT2D eigenvalue weighted by Gasteiger charge is -2.42. The lowest BCUT2D eigenvalue weighted by molar-refractivity contribution is -0.263. The summed E-state index contributed by atoms with van der Waals surface area (Å²) in [5, 5.41) is 9.46. The van der Waals surface area contributed by atoms with E-state index in [9.17, 15) is 5.11 Å². The van der Waals surface area contributed by atoms with Crippen LogP contribution in [0.4, 0.5) is 0 Å². The molecule has 8 heterocycles. The van der Waals surface area contributed by atoms with Gasteiger partial charge in [0.2, 0.25) is 0 Å². The normalized spacial score (nSPS) is 44.6. The molecule has 1 unspecified atom stereocenters. The number of aliphatic hydroxyl groups is 1. The molecule has 0 aromatic rings. The molecule has 9 nitrogen and oxygen atoms in total. The Bertz CT molecular complexity index is 1350. The van der Waals surface area contributed by atoms with Crippen LogP contribution < -0.4 is 0 Å². The van der Waals surface area contributed by atoms with Crippen LogP contribution in [0.3, 0.4) is 0 Å². The molecule has 0 saturated carbocycles. The maximum absolute atomic E-state index is 9.46. The lowest BCUT2D eigenvalue weighted by Crippen LogP contribution is -2.54. The van der Waals surface area contributed by atoms with Crippen molar-refractivity contribution in [3.63, 3.8) is 0 Å². The second-order valence-electron chi connectivity index (χ2n) is 19.7. The first-order chi connectivity index (χ1) is 27.4. The summed E-state index contributed by atoms with van der Waals surface area (Å²) in [5.41, 5.74) is 2.43. The lowest BCUT2D eigenvalue weighted by atomic mass is 9.80. The van der Waals surface area contributed by atoms with Crippen LogP contribution in [0.25, 0.3) is 0 Å². The minimum atomic E-state index is -1.59. The second kappa shape index (κ2) is 18.8. The Morgan fingerprint density at radius 3 is 2.23 bits per heavy atom. The Morgan fingerprint density at radius 1 is 0.789 bits per heavy atom. The summed E-state index contributed by atoms with van der Waals surface area (Å²) in [6, 6.07) is 3.60. The van der Waals surface area contributed by atoms with Crippen LogP contribution in [0.5, 0.6) is 0 Å². The van der Waals surface area contributed by atoms with E-state index in [0.717, 1.165) is 83.7 Å². The first kappa shape index (κ1) is 44.4. The fraction of sp³-hybridized carbons (Fsp3) is 0.915. The highest BCUT2D eigenvalue weighted by Gasteiger charge is 2.67. The van der Waals surface area contributed by atoms with Crippen molar-refractivity contribution in [2.45, 2.75) is 230 Å². The van der Waals surface area contributed by atoms with E-state index in [0.29, 0.717) is 23.7 Å². The summed E-state index contributed by atoms with van der Waals surface area (Å²) in [6.07, 6.45) is 11.4. The molecular formula is C47H80O9Si. The van der Waals surface area contributed by atoms with Gasteiger partial charge in [0.15, 0.2) is 14.1 Å². The van der Waals surface area contributed by atoms with E-state index < -0.39 is 14.1 Å². The van der Waals surface area contributed by atoms with Crippen molar-refractivity contribution in [2.75, 3.05) is 13.2 Å². The quantitative estimate of drug-likeness (QED) is 0.0954. The van der Waals surface area contributed by atoms with Gasteiger partial charge in [0, 0.05) is 38.4 Å². The minimum Gasteiger partial charge on any atom is -0.417 e. The van der Waals surface area contributed by atoms with Gasteiger partial charge in [0.05, 0.1) is 54.9 Å². The summed E-state index contributed by atoms with van der Waals surface area (Å²) >= 11 is 0. The first-order valence-corrected chi connectivity index (χ1v) is 26.1. The first-order valence-electron chi connectivity index (χ1n) is 23.6. The fourth-order valence-electron chi connectivity index (χ4n) is 12.1. The highest BCUT2D eigenvalue weighted by Crippen LogP contribution is 2.54. The van der Waals surface area contributed by atoms with E-state index in [4.69, 9.17) is 37.6 Å². The van der Waals surface area contributed by atoms with Crippen LogP contribution in [0.1, 0.15) is 132 Å². The minimum absolute atomic E-state index is 0.0134. The number of hydrogen-bond donors (Lipinski definition) is 1. The molecule has 6 bridgehead atoms. The molecule has 8 fully saturated rings. The smallest absolute Gasteiger partial charge is 0.191 e. The Morgan fingerprint density at radius 2 is 1.51 bits per heavy atom. The van der Waals surface area contributed by atoms with Gasteiger partial charge in [0.1, 0.15) is 18.3 Å². The molecular weight excluding hydrogens is 737 g/mol. The molecule has 57 heavy (non-hydrogen) atoms. The SMILES string of the molecule is C=C1C[C@H](CC[C@@]23C[C@H]4O[C@@H]5[C@@H](O[C@@H](CCCO)[C@H](C)[C@@H]5O2)[C@H]4O3)O[C@H]1CCC1C[C@@H](C)C(=C)[C@@H](C[C@@H]2O[C@H](C[C@H](C)CO[Si](CC)(CC)CC)[C@H](C)[C@H]2CC)O1. The predicted molar refractivity (Wildman–Crippen MR) is 226 cm³/mol. The number of hydrogen-bond acceptors (Lipinski definition) is 9. The molecule has 1 N–H and O–H groups in total. The summed E-state index contributed by atoms with van der Waals surface area (Å²) in [4.78, 5) is 0. The van der Waals surface area contributed by atoms with Crippen molar-refractivity contribution in [3.8, 4) is 0 Å². The average Bonchev–Trinajstić information content (AvgIpc) is 3.87. The summed E-state index contributed by atoms with van der Waals surface area (Å²) in [7, 11) is -1.59. The van der Waals surface area contributed by atoms with Gasteiger partial charge in [-0.3, -0.25) is 0 Å². The zero-order chi connectivity index (χ0) is 40.6. The third-order valence-electron chi connectivity index (χ3n) is 16.1. The van der Waals surface area contributed by atoms with E-state index in [2.05, 4.69) is 68.5 Å². The predicted octanol–water partition coefficient (Wildman–Crippen LogP) is 9.31. The van der Waals surface area contributed by atoms with Gasteiger partial charge in [-0.05, 0) is 104 Å². The van der Waals surface area contributed by atoms with Crippen LogP contribution in [-0.4, -0.2) is 106 Å². The molecule has 8 rings (SSSR count). The van der Waals surface area contributed by atoms with Gasteiger partial charge in [-0.25, -0.2) is 0 Å². The molecule has 8 aliphatic heterocycles. The Kier molecular flexibility index (Phi) is 14.6. The number of ether oxygens (including phenoxy) is 7. The summed E-state index contributed by atoms with van der Waals surface area (Å²) in [5.74, 6) is 1.49. The fourth-order valence-corrected chi connectivity index (χ4v) is 14.9. The van der Waals surface area contributed by atoms with E-state index in [-0.39, 0.29) is 85.8 Å². The van der Waals surface area contributed by atoms with Gasteiger partial charge in [-0.15, -0.1) is 0 Å². The van der Waals surface area contributed by atoms with Gasteiger partial charge in [-0.2, -0.15) is 0 Å². The molecule has 18 atom stereocenters. The van der Waals surface area contributed by atoms with E-state index >= 15 is 0 Å². The van der Waals surface area contributed by atoms with Crippen molar-refractivity contribution in [1.82, 2.24) is 0 Å². The van der Waals surface area contributed by atoms with Gasteiger partial charge < -0.3 is 42.7 Å². The Labute approximate surface area is 346 Å². The Hall–Kier alpha value is -0.663. The summed E-state index contributed by atoms with van der Waals surface area (Å²) < 4.78 is 54.0. The van der Waals surface area contributed by atoms with Crippen LogP contribution in [-0.2, 0) is 37.6 Å². The molecule has 0 amide bonds. The number of rotatable bonds is 20. The van der Waals surface area contributed by atoms with Crippen molar-refractivity contribution >= 4 is 8.32 Å². The topological polar surface area (TPSA) is 94.1 Å². The molecule has 8 aliphatic rings. The largest absolute Gasteiger partial charge is 0.417 e. The highest BCUT2D eigenvalue weighted by molar-refractivity contribution is 6.73. The molecule has 10 heteroatoms. The molecule has 0 aliphatic carbocycles. The maximum atomic E-state index is 9.46. The molecule has 0 spiro atoms. The van der Waals surface area contributed by atoms with Gasteiger partial charge in [0.25, 0.3) is 0 Å². The zero-order valence-corrected chi connectivity index (χ0v) is 38.0. The van der Waals surface area contributed by atoms with E-state index in [1.54, 1.807) is 0 Å². The van der Waals surface area contributed by atoms with E-state index in [1.807, 2.05) is 0 Å². The van der Waals surface area contributed by atoms with Gasteiger partial charge >= 0.3 is 0 Å². The van der Waals surface area contributed by atoms with Crippen LogP contribution in [0.2, 0.25) is 18.1 Å². The average molecular weight is 817 g/mol. The molecule has 0 aromatic heterocycles. The molecule has 0 radical (unpaired) electrons. The second-order valence-corrected chi connectivity index (χ2v) is 24.5. The van der Waals surface area contributed by atoms with Crippen LogP contribution >= 0.6 is 0 Å². The van der Waals surface area contributed by atoms with Crippen molar-refractivity contribution in [2.24, 2.45) is 29.6 Å². The number of aliphatic hydroxyl groups excluding tert-OH is 1. The van der Waals surface area contributed by atoms with Crippen molar-refractivity contribution < 1.29 is 42.7 Å². The van der Waals surface area contributed by atoms with Crippen LogP contribution in [0.15, 0.2) is 24.3 Å². The van der Waals surface area contributed by atoms with Crippen molar-refractivity contribution in [3.05, 3.63) is 24.3 Å². The monoisotopic (exact) mass is 817 g/mol. The third-order valence-corrected chi connectivity index (χ3v) is 20.8. The van der Waals surface area contributed by atoms with Gasteiger partial charge in [-0.1, -0.05) is 75.0 Å². The Balaban J connectivity index is 0.884. The standard InChI is InChI=1S/C47H80O9Si/c1-11-36-32(9)39(22-28(5)27-49-57(12-2,13-3)14-4)52-41(36)25-40-31(8)29(6)23-34(51-40)17-18-37-30(7)24-35(50-37)19-20-47-26-42-44(56-47)46-45(54-42)43(55-47)33(10)38(53-46)16-15-21-48/h28-29,32-46,48H,7-8,11-27H2,1-6,9-10H3/t28-,29+,32+,33-,34?,35-,36+,37-,38-,39+,40+,41-,42+,43-,44-,45-,46-,47+/m0/s1. The summed E-state index contributed by atoms with van der Waals surface area (Å²) in [6.45, 7) is 28.7.